The number of nitrogens with one attached hydrogen (secondary N) is 1. The lowest BCUT2D eigenvalue weighted by Gasteiger charge is -1.96. The normalized spacial score (nSPS) is 10.8. The first-order valence-electron chi connectivity index (χ1n) is 5.66. The van der Waals surface area contributed by atoms with Crippen LogP contribution < -0.4 is 5.56 Å². The van der Waals surface area contributed by atoms with E-state index in [-0.39, 0.29) is 11.3 Å². The van der Waals surface area contributed by atoms with E-state index in [1.165, 1.54) is 4.52 Å². The average Bonchev–Trinajstić information content (AvgIpc) is 2.84. The van der Waals surface area contributed by atoms with Crippen LogP contribution in [0.1, 0.15) is 10.5 Å². The summed E-state index contributed by atoms with van der Waals surface area (Å²) in [7, 11) is 0. The van der Waals surface area contributed by atoms with Crippen molar-refractivity contribution < 1.29 is 9.90 Å². The van der Waals surface area contributed by atoms with E-state index >= 15 is 0 Å². The van der Waals surface area contributed by atoms with Gasteiger partial charge in [-0.1, -0.05) is 23.7 Å². The first-order chi connectivity index (χ1) is 9.54. The molecular formula is C13H8ClN3O3. The predicted molar refractivity (Wildman–Crippen MR) is 73.2 cm³/mol. The van der Waals surface area contributed by atoms with Gasteiger partial charge < -0.3 is 5.11 Å². The number of carbonyl (C=O) groups is 1. The third-order valence-corrected chi connectivity index (χ3v) is 3.08. The van der Waals surface area contributed by atoms with Crippen LogP contribution in [0.3, 0.4) is 0 Å². The standard InChI is InChI=1S/C13H8ClN3O3/c14-8-3-1-7(2-4-8)9-5-11-15-10(13(19)20)6-12(18)17(11)16-9/h1-6,16H,(H,19,20). The van der Waals surface area contributed by atoms with E-state index in [4.69, 9.17) is 16.7 Å². The Morgan fingerprint density at radius 2 is 1.95 bits per heavy atom. The topological polar surface area (TPSA) is 87.5 Å². The Bertz CT molecular complexity index is 865. The van der Waals surface area contributed by atoms with Gasteiger partial charge in [-0.2, -0.15) is 0 Å². The SMILES string of the molecule is O=C(O)c1cc(=O)n2[nH]c(-c3ccc(Cl)cc3)cc2n1. The number of aromatic amines is 1. The number of H-pyrrole nitrogens is 1. The number of nitrogens with zero attached hydrogens (tertiary/aromatic N) is 2. The van der Waals surface area contributed by atoms with Gasteiger partial charge in [-0.05, 0) is 17.7 Å². The number of rotatable bonds is 2. The highest BCUT2D eigenvalue weighted by Gasteiger charge is 2.11. The third-order valence-electron chi connectivity index (χ3n) is 2.82. The summed E-state index contributed by atoms with van der Waals surface area (Å²) < 4.78 is 1.19. The van der Waals surface area contributed by atoms with Gasteiger partial charge in [0.25, 0.3) is 5.56 Å². The molecule has 2 heterocycles. The summed E-state index contributed by atoms with van der Waals surface area (Å²) in [5.41, 5.74) is 0.953. The second kappa shape index (κ2) is 4.50. The maximum Gasteiger partial charge on any atom is 0.354 e. The molecule has 6 nitrogen and oxygen atoms in total. The van der Waals surface area contributed by atoms with Gasteiger partial charge in [-0.25, -0.2) is 14.3 Å². The summed E-state index contributed by atoms with van der Waals surface area (Å²) in [6, 6.07) is 9.60. The van der Waals surface area contributed by atoms with Crippen molar-refractivity contribution in [1.29, 1.82) is 0 Å². The fourth-order valence-corrected chi connectivity index (χ4v) is 2.00. The number of aromatic nitrogens is 3. The molecule has 0 aliphatic heterocycles. The highest BCUT2D eigenvalue weighted by Crippen LogP contribution is 2.20. The van der Waals surface area contributed by atoms with Crippen molar-refractivity contribution in [1.82, 2.24) is 14.6 Å². The molecule has 0 aliphatic carbocycles. The molecule has 2 N–H and O–H groups in total. The van der Waals surface area contributed by atoms with E-state index in [9.17, 15) is 9.59 Å². The van der Waals surface area contributed by atoms with Crippen LogP contribution in [0.2, 0.25) is 5.02 Å². The van der Waals surface area contributed by atoms with Crippen LogP contribution in [0.15, 0.2) is 41.2 Å². The fraction of sp³-hybridized carbons (Fsp3) is 0. The Hall–Kier alpha value is -2.60. The molecular weight excluding hydrogens is 282 g/mol. The van der Waals surface area contributed by atoms with Gasteiger partial charge in [0.15, 0.2) is 11.3 Å². The second-order valence-corrected chi connectivity index (χ2v) is 4.59. The predicted octanol–water partition coefficient (Wildman–Crippen LogP) is 2.04. The van der Waals surface area contributed by atoms with Crippen LogP contribution in [0.4, 0.5) is 0 Å². The molecule has 0 spiro atoms. The molecule has 2 aromatic heterocycles. The summed E-state index contributed by atoms with van der Waals surface area (Å²) in [5.74, 6) is -1.24. The summed E-state index contributed by atoms with van der Waals surface area (Å²) >= 11 is 5.82. The van der Waals surface area contributed by atoms with Crippen LogP contribution >= 0.6 is 11.6 Å². The van der Waals surface area contributed by atoms with Crippen molar-refractivity contribution >= 4 is 23.2 Å². The quantitative estimate of drug-likeness (QED) is 0.756. The molecule has 1 aromatic carbocycles. The fourth-order valence-electron chi connectivity index (χ4n) is 1.88. The first kappa shape index (κ1) is 12.4. The number of hydrogen-bond acceptors (Lipinski definition) is 3. The van der Waals surface area contributed by atoms with Crippen LogP contribution in [0, 0.1) is 0 Å². The second-order valence-electron chi connectivity index (χ2n) is 4.16. The lowest BCUT2D eigenvalue weighted by Crippen LogP contribution is -2.17. The Labute approximate surface area is 117 Å². The minimum atomic E-state index is -1.24. The molecule has 3 rings (SSSR count). The van der Waals surface area contributed by atoms with E-state index in [1.807, 2.05) is 0 Å². The monoisotopic (exact) mass is 289 g/mol. The van der Waals surface area contributed by atoms with Gasteiger partial charge in [-0.15, -0.1) is 0 Å². The number of fused-ring (bicyclic) bond motifs is 1. The van der Waals surface area contributed by atoms with E-state index in [0.29, 0.717) is 10.7 Å². The van der Waals surface area contributed by atoms with E-state index in [2.05, 4.69) is 10.1 Å². The van der Waals surface area contributed by atoms with Crippen LogP contribution in [0.25, 0.3) is 16.9 Å². The molecule has 0 saturated heterocycles. The maximum absolute atomic E-state index is 11.8. The molecule has 0 atom stereocenters. The summed E-state index contributed by atoms with van der Waals surface area (Å²) in [6.45, 7) is 0. The maximum atomic E-state index is 11.8. The molecule has 0 unspecified atom stereocenters. The highest BCUT2D eigenvalue weighted by atomic mass is 35.5. The van der Waals surface area contributed by atoms with Gasteiger partial charge in [0.1, 0.15) is 0 Å². The minimum Gasteiger partial charge on any atom is -0.477 e. The zero-order chi connectivity index (χ0) is 14.3. The Morgan fingerprint density at radius 3 is 2.60 bits per heavy atom. The van der Waals surface area contributed by atoms with Crippen LogP contribution in [0.5, 0.6) is 0 Å². The van der Waals surface area contributed by atoms with Gasteiger partial charge in [0.05, 0.1) is 5.69 Å². The molecule has 0 aliphatic rings. The van der Waals surface area contributed by atoms with E-state index < -0.39 is 11.5 Å². The van der Waals surface area contributed by atoms with Crippen molar-refractivity contribution in [2.75, 3.05) is 0 Å². The Kier molecular flexibility index (Phi) is 2.80. The number of halogens is 1. The van der Waals surface area contributed by atoms with Gasteiger partial charge in [0, 0.05) is 17.2 Å². The van der Waals surface area contributed by atoms with Gasteiger partial charge in [-0.3, -0.25) is 9.89 Å². The minimum absolute atomic E-state index is 0.250. The highest BCUT2D eigenvalue weighted by molar-refractivity contribution is 6.30. The largest absolute Gasteiger partial charge is 0.477 e. The number of carboxylic acids is 1. The van der Waals surface area contributed by atoms with Gasteiger partial charge >= 0.3 is 5.97 Å². The van der Waals surface area contributed by atoms with Crippen molar-refractivity contribution in [2.45, 2.75) is 0 Å². The number of aromatic carboxylic acids is 1. The summed E-state index contributed by atoms with van der Waals surface area (Å²) in [5, 5.41) is 12.4. The number of carboxylic acid groups (broad SMARTS) is 1. The lowest BCUT2D eigenvalue weighted by atomic mass is 10.2. The Morgan fingerprint density at radius 1 is 1.25 bits per heavy atom. The molecule has 0 radical (unpaired) electrons. The molecule has 3 aromatic rings. The zero-order valence-electron chi connectivity index (χ0n) is 10.0. The number of benzene rings is 1. The molecule has 7 heteroatoms. The molecule has 0 amide bonds. The van der Waals surface area contributed by atoms with E-state index in [1.54, 1.807) is 30.3 Å². The first-order valence-corrected chi connectivity index (χ1v) is 6.04. The van der Waals surface area contributed by atoms with E-state index in [0.717, 1.165) is 11.6 Å². The van der Waals surface area contributed by atoms with Crippen LogP contribution in [-0.2, 0) is 0 Å². The van der Waals surface area contributed by atoms with Gasteiger partial charge in [0.2, 0.25) is 0 Å². The summed E-state index contributed by atoms with van der Waals surface area (Å²) in [4.78, 5) is 26.6. The third kappa shape index (κ3) is 2.06. The van der Waals surface area contributed by atoms with Crippen LogP contribution in [-0.4, -0.2) is 25.7 Å². The smallest absolute Gasteiger partial charge is 0.354 e. The molecule has 20 heavy (non-hydrogen) atoms. The van der Waals surface area contributed by atoms with Crippen molar-refractivity contribution in [3.63, 3.8) is 0 Å². The number of hydrogen-bond donors (Lipinski definition) is 2. The average molecular weight is 290 g/mol. The Balaban J connectivity index is 2.20. The van der Waals surface area contributed by atoms with Crippen molar-refractivity contribution in [2.24, 2.45) is 0 Å². The van der Waals surface area contributed by atoms with Crippen molar-refractivity contribution in [3.05, 3.63) is 57.5 Å². The molecule has 100 valence electrons. The molecule has 0 saturated carbocycles. The molecule has 0 fully saturated rings. The van der Waals surface area contributed by atoms with Crippen molar-refractivity contribution in [3.8, 4) is 11.3 Å². The zero-order valence-corrected chi connectivity index (χ0v) is 10.8. The summed E-state index contributed by atoms with van der Waals surface area (Å²) in [6.07, 6.45) is 0. The molecule has 0 bridgehead atoms. The lowest BCUT2D eigenvalue weighted by molar-refractivity contribution is 0.0690.